The van der Waals surface area contributed by atoms with E-state index in [0.29, 0.717) is 11.4 Å². The van der Waals surface area contributed by atoms with Gasteiger partial charge in [0.1, 0.15) is 17.2 Å². The number of nitrogens with zero attached hydrogens (tertiary/aromatic N) is 1. The van der Waals surface area contributed by atoms with Crippen molar-refractivity contribution in [2.45, 2.75) is 6.92 Å². The van der Waals surface area contributed by atoms with Gasteiger partial charge in [-0.1, -0.05) is 6.07 Å². The number of pyridine rings is 1. The van der Waals surface area contributed by atoms with Crippen LogP contribution in [0.3, 0.4) is 0 Å². The lowest BCUT2D eigenvalue weighted by Crippen LogP contribution is -2.18. The second-order valence-electron chi connectivity index (χ2n) is 4.24. The summed E-state index contributed by atoms with van der Waals surface area (Å²) in [6.07, 6.45) is 1.55. The standard InChI is InChI=1S/C15H17N3O2/c1-10-12(16-2)5-4-6-14(10)20-11-7-8-18-13(9-11)15(19)17-3/h4-9,16H,1-3H3,(H,17,19). The topological polar surface area (TPSA) is 63.2 Å². The van der Waals surface area contributed by atoms with Gasteiger partial charge in [0.15, 0.2) is 0 Å². The van der Waals surface area contributed by atoms with Crippen LogP contribution >= 0.6 is 0 Å². The molecule has 2 rings (SSSR count). The van der Waals surface area contributed by atoms with Crippen LogP contribution in [0, 0.1) is 6.92 Å². The number of aromatic nitrogens is 1. The summed E-state index contributed by atoms with van der Waals surface area (Å²) in [4.78, 5) is 15.5. The van der Waals surface area contributed by atoms with Crippen LogP contribution in [0.2, 0.25) is 0 Å². The molecule has 0 aliphatic heterocycles. The minimum absolute atomic E-state index is 0.240. The van der Waals surface area contributed by atoms with E-state index in [1.165, 1.54) is 0 Å². The first-order valence-electron chi connectivity index (χ1n) is 6.29. The number of ether oxygens (including phenoxy) is 1. The molecule has 0 saturated heterocycles. The predicted molar refractivity (Wildman–Crippen MR) is 78.4 cm³/mol. The maximum Gasteiger partial charge on any atom is 0.269 e. The Labute approximate surface area is 118 Å². The molecule has 0 fully saturated rings. The lowest BCUT2D eigenvalue weighted by molar-refractivity contribution is 0.0958. The van der Waals surface area contributed by atoms with Crippen LogP contribution in [0.15, 0.2) is 36.5 Å². The molecule has 104 valence electrons. The van der Waals surface area contributed by atoms with Gasteiger partial charge in [0.25, 0.3) is 5.91 Å². The highest BCUT2D eigenvalue weighted by molar-refractivity contribution is 5.92. The van der Waals surface area contributed by atoms with Gasteiger partial charge in [0.05, 0.1) is 0 Å². The van der Waals surface area contributed by atoms with Crippen LogP contribution in [0.5, 0.6) is 11.5 Å². The second kappa shape index (κ2) is 6.06. The first-order valence-corrected chi connectivity index (χ1v) is 6.29. The minimum atomic E-state index is -0.240. The van der Waals surface area contributed by atoms with E-state index < -0.39 is 0 Å². The molecule has 1 heterocycles. The number of benzene rings is 1. The number of amides is 1. The Morgan fingerprint density at radius 2 is 2.05 bits per heavy atom. The van der Waals surface area contributed by atoms with Crippen molar-refractivity contribution in [3.8, 4) is 11.5 Å². The summed E-state index contributed by atoms with van der Waals surface area (Å²) < 4.78 is 5.83. The summed E-state index contributed by atoms with van der Waals surface area (Å²) in [5.74, 6) is 1.08. The molecule has 5 nitrogen and oxygen atoms in total. The van der Waals surface area contributed by atoms with Crippen LogP contribution in [0.25, 0.3) is 0 Å². The van der Waals surface area contributed by atoms with Gasteiger partial charge in [-0.05, 0) is 25.1 Å². The molecule has 20 heavy (non-hydrogen) atoms. The largest absolute Gasteiger partial charge is 0.457 e. The number of anilines is 1. The number of hydrogen-bond donors (Lipinski definition) is 2. The normalized spacial score (nSPS) is 9.95. The average Bonchev–Trinajstić information content (AvgIpc) is 2.49. The van der Waals surface area contributed by atoms with E-state index in [1.54, 1.807) is 25.4 Å². The zero-order valence-corrected chi connectivity index (χ0v) is 11.7. The molecule has 1 amide bonds. The molecular weight excluding hydrogens is 254 g/mol. The quantitative estimate of drug-likeness (QED) is 0.897. The van der Waals surface area contributed by atoms with Crippen LogP contribution in [-0.4, -0.2) is 25.0 Å². The Hall–Kier alpha value is -2.56. The van der Waals surface area contributed by atoms with Gasteiger partial charge in [0, 0.05) is 37.6 Å². The molecule has 5 heteroatoms. The van der Waals surface area contributed by atoms with Crippen molar-refractivity contribution in [2.75, 3.05) is 19.4 Å². The zero-order chi connectivity index (χ0) is 14.5. The molecule has 2 aromatic rings. The van der Waals surface area contributed by atoms with E-state index in [4.69, 9.17) is 4.74 Å². The Bertz CT molecular complexity index is 626. The summed E-state index contributed by atoms with van der Waals surface area (Å²) in [6, 6.07) is 9.11. The number of hydrogen-bond acceptors (Lipinski definition) is 4. The molecule has 0 radical (unpaired) electrons. The van der Waals surface area contributed by atoms with Crippen molar-refractivity contribution in [3.63, 3.8) is 0 Å². The van der Waals surface area contributed by atoms with Crippen LogP contribution in [-0.2, 0) is 0 Å². The van der Waals surface area contributed by atoms with Crippen molar-refractivity contribution >= 4 is 11.6 Å². The van der Waals surface area contributed by atoms with Gasteiger partial charge in [-0.3, -0.25) is 9.78 Å². The number of carbonyl (C=O) groups excluding carboxylic acids is 1. The number of carbonyl (C=O) groups is 1. The molecule has 2 N–H and O–H groups in total. The predicted octanol–water partition coefficient (Wildman–Crippen LogP) is 2.58. The van der Waals surface area contributed by atoms with Crippen LogP contribution in [0.1, 0.15) is 16.1 Å². The maximum atomic E-state index is 11.5. The summed E-state index contributed by atoms with van der Waals surface area (Å²) in [7, 11) is 3.43. The van der Waals surface area contributed by atoms with Crippen LogP contribution < -0.4 is 15.4 Å². The van der Waals surface area contributed by atoms with Gasteiger partial charge < -0.3 is 15.4 Å². The Morgan fingerprint density at radius 1 is 1.25 bits per heavy atom. The minimum Gasteiger partial charge on any atom is -0.457 e. The molecule has 1 aromatic carbocycles. The highest BCUT2D eigenvalue weighted by Gasteiger charge is 2.09. The molecule has 0 aliphatic carbocycles. The third kappa shape index (κ3) is 2.88. The average molecular weight is 271 g/mol. The Kier molecular flexibility index (Phi) is 4.20. The highest BCUT2D eigenvalue weighted by atomic mass is 16.5. The van der Waals surface area contributed by atoms with E-state index in [-0.39, 0.29) is 5.91 Å². The third-order valence-electron chi connectivity index (χ3n) is 2.97. The zero-order valence-electron chi connectivity index (χ0n) is 11.7. The van der Waals surface area contributed by atoms with Gasteiger partial charge in [-0.25, -0.2) is 0 Å². The molecule has 1 aromatic heterocycles. The second-order valence-corrected chi connectivity index (χ2v) is 4.24. The monoisotopic (exact) mass is 271 g/mol. The Morgan fingerprint density at radius 3 is 2.75 bits per heavy atom. The molecule has 0 bridgehead atoms. The summed E-state index contributed by atoms with van der Waals surface area (Å²) in [6.45, 7) is 1.97. The fourth-order valence-corrected chi connectivity index (χ4v) is 1.85. The Balaban J connectivity index is 2.28. The van der Waals surface area contributed by atoms with Crippen LogP contribution in [0.4, 0.5) is 5.69 Å². The van der Waals surface area contributed by atoms with E-state index in [1.807, 2.05) is 32.2 Å². The third-order valence-corrected chi connectivity index (χ3v) is 2.97. The maximum absolute atomic E-state index is 11.5. The fraction of sp³-hybridized carbons (Fsp3) is 0.200. The van der Waals surface area contributed by atoms with Gasteiger partial charge in [0.2, 0.25) is 0 Å². The van der Waals surface area contributed by atoms with E-state index in [2.05, 4.69) is 15.6 Å². The highest BCUT2D eigenvalue weighted by Crippen LogP contribution is 2.29. The van der Waals surface area contributed by atoms with E-state index >= 15 is 0 Å². The van der Waals surface area contributed by atoms with Gasteiger partial charge >= 0.3 is 0 Å². The summed E-state index contributed by atoms with van der Waals surface area (Å²) in [5, 5.41) is 5.64. The lowest BCUT2D eigenvalue weighted by Gasteiger charge is -2.12. The van der Waals surface area contributed by atoms with Crippen molar-refractivity contribution < 1.29 is 9.53 Å². The van der Waals surface area contributed by atoms with Gasteiger partial charge in [-0.15, -0.1) is 0 Å². The first-order chi connectivity index (χ1) is 9.65. The molecule has 0 saturated carbocycles. The number of rotatable bonds is 4. The molecular formula is C15H17N3O2. The SMILES string of the molecule is CNC(=O)c1cc(Oc2cccc(NC)c2C)ccn1. The van der Waals surface area contributed by atoms with Gasteiger partial charge in [-0.2, -0.15) is 0 Å². The molecule has 0 atom stereocenters. The smallest absolute Gasteiger partial charge is 0.269 e. The van der Waals surface area contributed by atoms with E-state index in [9.17, 15) is 4.79 Å². The lowest BCUT2D eigenvalue weighted by atomic mass is 10.2. The summed E-state index contributed by atoms with van der Waals surface area (Å²) in [5.41, 5.74) is 2.34. The summed E-state index contributed by atoms with van der Waals surface area (Å²) >= 11 is 0. The van der Waals surface area contributed by atoms with Crippen molar-refractivity contribution in [1.29, 1.82) is 0 Å². The van der Waals surface area contributed by atoms with Crippen molar-refractivity contribution in [3.05, 3.63) is 47.8 Å². The first kappa shape index (κ1) is 13.9. The van der Waals surface area contributed by atoms with E-state index in [0.717, 1.165) is 17.0 Å². The van der Waals surface area contributed by atoms with Crippen molar-refractivity contribution in [1.82, 2.24) is 10.3 Å². The molecule has 0 unspecified atom stereocenters. The van der Waals surface area contributed by atoms with Crippen molar-refractivity contribution in [2.24, 2.45) is 0 Å². The molecule has 0 aliphatic rings. The fourth-order valence-electron chi connectivity index (χ4n) is 1.85. The number of nitrogens with one attached hydrogen (secondary N) is 2. The molecule has 0 spiro atoms.